The van der Waals surface area contributed by atoms with Crippen LogP contribution in [0, 0.1) is 5.82 Å². The van der Waals surface area contributed by atoms with Gasteiger partial charge >= 0.3 is 12.2 Å². The molecule has 5 nitrogen and oxygen atoms in total. The van der Waals surface area contributed by atoms with E-state index in [4.69, 9.17) is 0 Å². The zero-order chi connectivity index (χ0) is 23.4. The van der Waals surface area contributed by atoms with E-state index in [0.717, 1.165) is 44.0 Å². The highest BCUT2D eigenvalue weighted by Gasteiger charge is 2.31. The number of rotatable bonds is 4. The molecule has 1 heterocycles. The minimum Gasteiger partial charge on any atom is -0.369 e. The molecule has 4 rings (SSSR count). The van der Waals surface area contributed by atoms with E-state index in [1.165, 1.54) is 24.3 Å². The summed E-state index contributed by atoms with van der Waals surface area (Å²) in [6, 6.07) is 15.2. The average Bonchev–Trinajstić information content (AvgIpc) is 2.80. The first-order chi connectivity index (χ1) is 15.8. The van der Waals surface area contributed by atoms with E-state index < -0.39 is 23.6 Å². The third kappa shape index (κ3) is 5.61. The lowest BCUT2D eigenvalue weighted by Crippen LogP contribution is -2.43. The van der Waals surface area contributed by atoms with Gasteiger partial charge in [-0.2, -0.15) is 13.2 Å². The molecule has 0 unspecified atom stereocenters. The largest absolute Gasteiger partial charge is 0.416 e. The van der Waals surface area contributed by atoms with Gasteiger partial charge in [0, 0.05) is 48.8 Å². The molecule has 1 fully saturated rings. The number of carbonyl (C=O) groups is 1. The second-order valence-corrected chi connectivity index (χ2v) is 7.63. The molecule has 1 aliphatic rings. The van der Waals surface area contributed by atoms with Crippen molar-refractivity contribution in [3.63, 3.8) is 0 Å². The van der Waals surface area contributed by atoms with Crippen molar-refractivity contribution >= 4 is 23.1 Å². The number of halogens is 4. The highest BCUT2D eigenvalue weighted by atomic mass is 19.4. The topological polar surface area (TPSA) is 56.4 Å². The average molecular weight is 458 g/mol. The van der Waals surface area contributed by atoms with Gasteiger partial charge in [0.15, 0.2) is 0 Å². The van der Waals surface area contributed by atoms with Crippen LogP contribution in [0.1, 0.15) is 5.56 Å². The smallest absolute Gasteiger partial charge is 0.369 e. The minimum atomic E-state index is -4.56. The molecule has 0 aliphatic carbocycles. The Morgan fingerprint density at radius 1 is 0.848 bits per heavy atom. The fourth-order valence-electron chi connectivity index (χ4n) is 3.63. The highest BCUT2D eigenvalue weighted by molar-refractivity contribution is 6.00. The number of benzene rings is 3. The molecule has 0 saturated carbocycles. The molecule has 9 heteroatoms. The van der Waals surface area contributed by atoms with Gasteiger partial charge < -0.3 is 20.9 Å². The Bertz CT molecular complexity index is 1110. The lowest BCUT2D eigenvalue weighted by atomic mass is 10.0. The monoisotopic (exact) mass is 458 g/mol. The van der Waals surface area contributed by atoms with Crippen LogP contribution in [-0.4, -0.2) is 32.2 Å². The molecule has 3 aromatic carbocycles. The summed E-state index contributed by atoms with van der Waals surface area (Å²) in [6.45, 7) is 3.71. The van der Waals surface area contributed by atoms with Crippen LogP contribution in [-0.2, 0) is 6.18 Å². The number of nitrogens with zero attached hydrogens (tertiary/aromatic N) is 1. The number of carbonyl (C=O) groups excluding carboxylic acids is 1. The number of hydrogen-bond donors (Lipinski definition) is 3. The first kappa shape index (κ1) is 22.6. The fraction of sp³-hybridized carbons (Fsp3) is 0.208. The number of piperazine rings is 1. The predicted molar refractivity (Wildman–Crippen MR) is 121 cm³/mol. The first-order valence-electron chi connectivity index (χ1n) is 10.4. The maximum absolute atomic E-state index is 14.1. The van der Waals surface area contributed by atoms with E-state index in [-0.39, 0.29) is 11.1 Å². The van der Waals surface area contributed by atoms with Gasteiger partial charge in [-0.25, -0.2) is 9.18 Å². The normalized spacial score (nSPS) is 14.1. The van der Waals surface area contributed by atoms with E-state index in [0.29, 0.717) is 17.4 Å². The summed E-state index contributed by atoms with van der Waals surface area (Å²) in [5, 5.41) is 8.69. The van der Waals surface area contributed by atoms with Crippen LogP contribution in [0.25, 0.3) is 11.1 Å². The van der Waals surface area contributed by atoms with Gasteiger partial charge in [-0.15, -0.1) is 0 Å². The van der Waals surface area contributed by atoms with Crippen LogP contribution in [0.3, 0.4) is 0 Å². The third-order valence-electron chi connectivity index (χ3n) is 5.35. The first-order valence-corrected chi connectivity index (χ1v) is 10.4. The van der Waals surface area contributed by atoms with Gasteiger partial charge in [0.1, 0.15) is 5.82 Å². The molecule has 0 bridgehead atoms. The van der Waals surface area contributed by atoms with E-state index in [1.54, 1.807) is 0 Å². The molecule has 0 spiro atoms. The van der Waals surface area contributed by atoms with Crippen molar-refractivity contribution in [2.75, 3.05) is 41.7 Å². The molecule has 3 N–H and O–H groups in total. The summed E-state index contributed by atoms with van der Waals surface area (Å²) < 4.78 is 52.9. The van der Waals surface area contributed by atoms with Gasteiger partial charge in [0.2, 0.25) is 0 Å². The quantitative estimate of drug-likeness (QED) is 0.449. The number of hydrogen-bond acceptors (Lipinski definition) is 3. The summed E-state index contributed by atoms with van der Waals surface area (Å²) in [4.78, 5) is 14.6. The number of anilines is 3. The molecule has 2 amide bonds. The molecule has 0 radical (unpaired) electrons. The van der Waals surface area contributed by atoms with Gasteiger partial charge in [0.25, 0.3) is 0 Å². The van der Waals surface area contributed by atoms with E-state index in [1.807, 2.05) is 24.3 Å². The van der Waals surface area contributed by atoms with Crippen LogP contribution < -0.4 is 20.9 Å². The number of alkyl halides is 3. The summed E-state index contributed by atoms with van der Waals surface area (Å²) in [5.74, 6) is -0.759. The Hall–Kier alpha value is -3.59. The van der Waals surface area contributed by atoms with Crippen LogP contribution in [0.5, 0.6) is 0 Å². The lowest BCUT2D eigenvalue weighted by molar-refractivity contribution is -0.137. The molecular formula is C24H22F4N4O. The van der Waals surface area contributed by atoms with E-state index in [2.05, 4.69) is 20.9 Å². The summed E-state index contributed by atoms with van der Waals surface area (Å²) in [6.07, 6.45) is -4.56. The van der Waals surface area contributed by atoms with Crippen molar-refractivity contribution in [1.29, 1.82) is 0 Å². The van der Waals surface area contributed by atoms with Crippen molar-refractivity contribution < 1.29 is 22.4 Å². The second-order valence-electron chi connectivity index (χ2n) is 7.63. The Labute approximate surface area is 188 Å². The highest BCUT2D eigenvalue weighted by Crippen LogP contribution is 2.34. The van der Waals surface area contributed by atoms with Crippen molar-refractivity contribution in [2.24, 2.45) is 0 Å². The van der Waals surface area contributed by atoms with Gasteiger partial charge in [-0.05, 0) is 60.2 Å². The summed E-state index contributed by atoms with van der Waals surface area (Å²) >= 11 is 0. The molecule has 33 heavy (non-hydrogen) atoms. The summed E-state index contributed by atoms with van der Waals surface area (Å²) in [5.41, 5.74) is 1.30. The fourth-order valence-corrected chi connectivity index (χ4v) is 3.63. The molecule has 0 atom stereocenters. The van der Waals surface area contributed by atoms with Gasteiger partial charge in [-0.3, -0.25) is 0 Å². The van der Waals surface area contributed by atoms with Gasteiger partial charge in [0.05, 0.1) is 5.56 Å². The zero-order valence-corrected chi connectivity index (χ0v) is 17.5. The molecule has 0 aromatic heterocycles. The Balaban J connectivity index is 1.38. The number of amides is 2. The van der Waals surface area contributed by atoms with Crippen molar-refractivity contribution in [2.45, 2.75) is 6.18 Å². The van der Waals surface area contributed by atoms with E-state index in [9.17, 15) is 22.4 Å². The van der Waals surface area contributed by atoms with Gasteiger partial charge in [-0.1, -0.05) is 12.1 Å². The van der Waals surface area contributed by atoms with Crippen molar-refractivity contribution in [3.05, 3.63) is 78.1 Å². The molecule has 1 saturated heterocycles. The molecular weight excluding hydrogens is 436 g/mol. The van der Waals surface area contributed by atoms with Crippen LogP contribution >= 0.6 is 0 Å². The maximum Gasteiger partial charge on any atom is 0.416 e. The lowest BCUT2D eigenvalue weighted by Gasteiger charge is -2.29. The SMILES string of the molecule is O=C(Nc1ccc(-c2cc(C(F)(F)F)ccc2F)cc1)Nc1ccc(N2CCNCC2)cc1. The van der Waals surface area contributed by atoms with Crippen LogP contribution in [0.2, 0.25) is 0 Å². The Kier molecular flexibility index (Phi) is 6.50. The van der Waals surface area contributed by atoms with Crippen LogP contribution in [0.15, 0.2) is 66.7 Å². The standard InChI is InChI=1S/C24H22F4N4O/c25-22-10-3-17(24(26,27)28)15-21(22)16-1-4-18(5-2-16)30-23(33)31-19-6-8-20(9-7-19)32-13-11-29-12-14-32/h1-10,15,29H,11-14H2,(H2,30,31,33). The maximum atomic E-state index is 14.1. The van der Waals surface area contributed by atoms with Crippen molar-refractivity contribution in [1.82, 2.24) is 5.32 Å². The number of nitrogens with one attached hydrogen (secondary N) is 3. The predicted octanol–water partition coefficient (Wildman–Crippen LogP) is 5.57. The third-order valence-corrected chi connectivity index (χ3v) is 5.35. The zero-order valence-electron chi connectivity index (χ0n) is 17.5. The summed E-state index contributed by atoms with van der Waals surface area (Å²) in [7, 11) is 0. The Morgan fingerprint density at radius 3 is 2.00 bits per heavy atom. The van der Waals surface area contributed by atoms with E-state index >= 15 is 0 Å². The Morgan fingerprint density at radius 2 is 1.42 bits per heavy atom. The second kappa shape index (κ2) is 9.50. The molecule has 1 aliphatic heterocycles. The number of urea groups is 1. The minimum absolute atomic E-state index is 0.162. The van der Waals surface area contributed by atoms with Crippen molar-refractivity contribution in [3.8, 4) is 11.1 Å². The molecule has 3 aromatic rings. The van der Waals surface area contributed by atoms with Crippen LogP contribution in [0.4, 0.5) is 39.4 Å². The molecule has 172 valence electrons.